The molecule has 0 heterocycles. The Morgan fingerprint density at radius 2 is 1.88 bits per heavy atom. The molecule has 1 aliphatic rings. The molecule has 4 nitrogen and oxygen atoms in total. The molecular formula is C12H26N2O2S. The van der Waals surface area contributed by atoms with Crippen molar-refractivity contribution in [3.8, 4) is 0 Å². The van der Waals surface area contributed by atoms with Crippen molar-refractivity contribution in [3.63, 3.8) is 0 Å². The SMILES string of the molecule is CCCNCCCS(=O)(=O)N(CCC)C1CC1. The van der Waals surface area contributed by atoms with Gasteiger partial charge in [0.1, 0.15) is 0 Å². The summed E-state index contributed by atoms with van der Waals surface area (Å²) in [5.74, 6) is 0.292. The molecule has 5 heteroatoms. The second-order valence-corrected chi connectivity index (χ2v) is 6.80. The van der Waals surface area contributed by atoms with Gasteiger partial charge in [-0.3, -0.25) is 0 Å². The first-order valence-electron chi connectivity index (χ1n) is 6.82. The van der Waals surface area contributed by atoms with Crippen LogP contribution in [0.1, 0.15) is 46.0 Å². The molecule has 1 fully saturated rings. The standard InChI is InChI=1S/C12H26N2O2S/c1-3-8-13-9-5-11-17(15,16)14(10-4-2)12-6-7-12/h12-13H,3-11H2,1-2H3. The highest BCUT2D eigenvalue weighted by molar-refractivity contribution is 7.89. The second kappa shape index (κ2) is 7.34. The summed E-state index contributed by atoms with van der Waals surface area (Å²) in [5.41, 5.74) is 0. The summed E-state index contributed by atoms with van der Waals surface area (Å²) in [6.45, 7) is 6.61. The van der Waals surface area contributed by atoms with Crippen molar-refractivity contribution in [2.75, 3.05) is 25.4 Å². The molecule has 1 saturated carbocycles. The molecule has 17 heavy (non-hydrogen) atoms. The first kappa shape index (κ1) is 14.9. The van der Waals surface area contributed by atoms with Gasteiger partial charge in [-0.1, -0.05) is 13.8 Å². The van der Waals surface area contributed by atoms with Gasteiger partial charge in [-0.2, -0.15) is 4.31 Å². The Hall–Kier alpha value is -0.130. The van der Waals surface area contributed by atoms with Crippen LogP contribution in [0.3, 0.4) is 0 Å². The lowest BCUT2D eigenvalue weighted by Crippen LogP contribution is -2.36. The fraction of sp³-hybridized carbons (Fsp3) is 1.00. The average Bonchev–Trinajstić information content (AvgIpc) is 3.09. The highest BCUT2D eigenvalue weighted by atomic mass is 32.2. The van der Waals surface area contributed by atoms with Crippen LogP contribution in [0, 0.1) is 0 Å². The van der Waals surface area contributed by atoms with Gasteiger partial charge in [0.2, 0.25) is 10.0 Å². The molecule has 0 radical (unpaired) electrons. The van der Waals surface area contributed by atoms with Gasteiger partial charge in [0.05, 0.1) is 5.75 Å². The molecule has 0 spiro atoms. The molecule has 0 atom stereocenters. The summed E-state index contributed by atoms with van der Waals surface area (Å²) in [6.07, 6.45) is 4.82. The minimum absolute atomic E-state index is 0.292. The Morgan fingerprint density at radius 3 is 2.41 bits per heavy atom. The highest BCUT2D eigenvalue weighted by Crippen LogP contribution is 2.29. The van der Waals surface area contributed by atoms with Crippen molar-refractivity contribution >= 4 is 10.0 Å². The van der Waals surface area contributed by atoms with Crippen LogP contribution in [0.4, 0.5) is 0 Å². The topological polar surface area (TPSA) is 49.4 Å². The van der Waals surface area contributed by atoms with E-state index in [1.54, 1.807) is 4.31 Å². The van der Waals surface area contributed by atoms with Gasteiger partial charge in [0.15, 0.2) is 0 Å². The highest BCUT2D eigenvalue weighted by Gasteiger charge is 2.35. The summed E-state index contributed by atoms with van der Waals surface area (Å²) < 4.78 is 26.0. The van der Waals surface area contributed by atoms with Crippen molar-refractivity contribution in [1.29, 1.82) is 0 Å². The van der Waals surface area contributed by atoms with E-state index in [0.717, 1.165) is 45.2 Å². The predicted octanol–water partition coefficient (Wildman–Crippen LogP) is 1.58. The number of rotatable bonds is 10. The minimum atomic E-state index is -3.02. The quantitative estimate of drug-likeness (QED) is 0.608. The third-order valence-corrected chi connectivity index (χ3v) is 4.94. The van der Waals surface area contributed by atoms with Gasteiger partial charge in [0, 0.05) is 12.6 Å². The van der Waals surface area contributed by atoms with Crippen LogP contribution in [-0.4, -0.2) is 44.2 Å². The lowest BCUT2D eigenvalue weighted by molar-refractivity contribution is 0.402. The van der Waals surface area contributed by atoms with E-state index >= 15 is 0 Å². The normalized spacial score (nSPS) is 16.6. The number of hydrogen-bond donors (Lipinski definition) is 1. The third-order valence-electron chi connectivity index (χ3n) is 2.94. The van der Waals surface area contributed by atoms with Crippen molar-refractivity contribution in [1.82, 2.24) is 9.62 Å². The number of sulfonamides is 1. The zero-order chi connectivity index (χ0) is 12.7. The van der Waals surface area contributed by atoms with Gasteiger partial charge in [-0.15, -0.1) is 0 Å². The Kier molecular flexibility index (Phi) is 6.44. The number of hydrogen-bond acceptors (Lipinski definition) is 3. The summed E-state index contributed by atoms with van der Waals surface area (Å²) in [4.78, 5) is 0. The van der Waals surface area contributed by atoms with Gasteiger partial charge in [-0.25, -0.2) is 8.42 Å². The van der Waals surface area contributed by atoms with E-state index in [1.807, 2.05) is 6.92 Å². The lowest BCUT2D eigenvalue weighted by atomic mass is 10.4. The molecular weight excluding hydrogens is 236 g/mol. The number of nitrogens with zero attached hydrogens (tertiary/aromatic N) is 1. The van der Waals surface area contributed by atoms with E-state index in [-0.39, 0.29) is 0 Å². The molecule has 1 aliphatic carbocycles. The smallest absolute Gasteiger partial charge is 0.214 e. The molecule has 0 unspecified atom stereocenters. The monoisotopic (exact) mass is 262 g/mol. The van der Waals surface area contributed by atoms with E-state index in [4.69, 9.17) is 0 Å². The van der Waals surface area contributed by atoms with E-state index in [9.17, 15) is 8.42 Å². The summed E-state index contributed by atoms with van der Waals surface area (Å²) in [6, 6.07) is 0.309. The van der Waals surface area contributed by atoms with Crippen LogP contribution in [-0.2, 0) is 10.0 Å². The van der Waals surface area contributed by atoms with Crippen LogP contribution in [0.5, 0.6) is 0 Å². The van der Waals surface area contributed by atoms with E-state index in [0.29, 0.717) is 18.3 Å². The molecule has 0 aromatic heterocycles. The van der Waals surface area contributed by atoms with E-state index < -0.39 is 10.0 Å². The van der Waals surface area contributed by atoms with Crippen molar-refractivity contribution in [2.45, 2.75) is 52.0 Å². The molecule has 1 rings (SSSR count). The van der Waals surface area contributed by atoms with Gasteiger partial charge < -0.3 is 5.32 Å². The number of nitrogens with one attached hydrogen (secondary N) is 1. The van der Waals surface area contributed by atoms with Crippen LogP contribution in [0.25, 0.3) is 0 Å². The van der Waals surface area contributed by atoms with E-state index in [2.05, 4.69) is 12.2 Å². The summed E-state index contributed by atoms with van der Waals surface area (Å²) in [7, 11) is -3.02. The van der Waals surface area contributed by atoms with Crippen molar-refractivity contribution in [3.05, 3.63) is 0 Å². The maximum Gasteiger partial charge on any atom is 0.214 e. The molecule has 0 saturated heterocycles. The summed E-state index contributed by atoms with van der Waals surface area (Å²) in [5, 5.41) is 3.24. The average molecular weight is 262 g/mol. The maximum atomic E-state index is 12.1. The molecule has 0 aromatic carbocycles. The lowest BCUT2D eigenvalue weighted by Gasteiger charge is -2.21. The van der Waals surface area contributed by atoms with Crippen molar-refractivity contribution in [2.24, 2.45) is 0 Å². The molecule has 0 bridgehead atoms. The van der Waals surface area contributed by atoms with Crippen LogP contribution >= 0.6 is 0 Å². The predicted molar refractivity (Wildman–Crippen MR) is 71.6 cm³/mol. The second-order valence-electron chi connectivity index (χ2n) is 4.76. The fourth-order valence-corrected chi connectivity index (χ4v) is 3.80. The molecule has 0 aliphatic heterocycles. The zero-order valence-electron chi connectivity index (χ0n) is 11.1. The molecule has 0 aromatic rings. The van der Waals surface area contributed by atoms with Gasteiger partial charge >= 0.3 is 0 Å². The Labute approximate surface area is 106 Å². The van der Waals surface area contributed by atoms with Crippen molar-refractivity contribution < 1.29 is 8.42 Å². The Balaban J connectivity index is 2.32. The fourth-order valence-electron chi connectivity index (χ4n) is 1.93. The Morgan fingerprint density at radius 1 is 1.18 bits per heavy atom. The zero-order valence-corrected chi connectivity index (χ0v) is 11.9. The van der Waals surface area contributed by atoms with Crippen LogP contribution in [0.2, 0.25) is 0 Å². The molecule has 1 N–H and O–H groups in total. The minimum Gasteiger partial charge on any atom is -0.317 e. The first-order chi connectivity index (χ1) is 8.11. The molecule has 0 amide bonds. The Bertz CT molecular complexity index is 300. The first-order valence-corrected chi connectivity index (χ1v) is 8.43. The summed E-state index contributed by atoms with van der Waals surface area (Å²) >= 11 is 0. The van der Waals surface area contributed by atoms with E-state index in [1.165, 1.54) is 0 Å². The van der Waals surface area contributed by atoms with Crippen LogP contribution in [0.15, 0.2) is 0 Å². The maximum absolute atomic E-state index is 12.1. The van der Waals surface area contributed by atoms with Crippen LogP contribution < -0.4 is 5.32 Å². The van der Waals surface area contributed by atoms with Gasteiger partial charge in [0.25, 0.3) is 0 Å². The van der Waals surface area contributed by atoms with Gasteiger partial charge in [-0.05, 0) is 45.2 Å². The molecule has 102 valence electrons. The third kappa shape index (κ3) is 5.36. The largest absolute Gasteiger partial charge is 0.317 e.